The summed E-state index contributed by atoms with van der Waals surface area (Å²) in [7, 11) is 0. The molecule has 0 spiro atoms. The van der Waals surface area contributed by atoms with E-state index in [0.717, 1.165) is 27.0 Å². The number of aromatic nitrogens is 3. The molecule has 1 aromatic carbocycles. The third-order valence-corrected chi connectivity index (χ3v) is 5.78. The minimum Gasteiger partial charge on any atom is -0.360 e. The van der Waals surface area contributed by atoms with Crippen molar-refractivity contribution in [1.82, 2.24) is 14.5 Å². The van der Waals surface area contributed by atoms with Gasteiger partial charge in [-0.3, -0.25) is 14.2 Å². The molecule has 4 rings (SSSR count). The molecule has 25 heavy (non-hydrogen) atoms. The lowest BCUT2D eigenvalue weighted by molar-refractivity contribution is 0.0972. The third kappa shape index (κ3) is 2.65. The smallest absolute Gasteiger partial charge is 0.263 e. The number of Topliss-reactive ketones (excluding diaryl/α,β-unsaturated/α-hetero) is 1. The minimum atomic E-state index is -0.220. The first-order valence-corrected chi connectivity index (χ1v) is 9.16. The number of nitrogens with one attached hydrogen (secondary N) is 2. The highest BCUT2D eigenvalue weighted by molar-refractivity contribution is 7.71. The van der Waals surface area contributed by atoms with Gasteiger partial charge in [-0.2, -0.15) is 0 Å². The van der Waals surface area contributed by atoms with Gasteiger partial charge in [-0.15, -0.1) is 11.3 Å². The van der Waals surface area contributed by atoms with Gasteiger partial charge in [0.05, 0.1) is 11.9 Å². The fourth-order valence-corrected chi connectivity index (χ4v) is 4.25. The molecular weight excluding hydrogens is 354 g/mol. The molecule has 126 valence electrons. The number of carbonyl (C=O) groups excluding carboxylic acids is 1. The number of H-pyrrole nitrogens is 2. The number of hydrogen-bond acceptors (Lipinski definition) is 4. The van der Waals surface area contributed by atoms with E-state index in [0.29, 0.717) is 10.9 Å². The number of fused-ring (bicyclic) bond motifs is 2. The van der Waals surface area contributed by atoms with Crippen molar-refractivity contribution in [2.24, 2.45) is 0 Å². The van der Waals surface area contributed by atoms with E-state index in [-0.39, 0.29) is 22.7 Å². The van der Waals surface area contributed by atoms with Crippen LogP contribution in [0.1, 0.15) is 22.2 Å². The number of ketones is 1. The van der Waals surface area contributed by atoms with Crippen LogP contribution in [0.5, 0.6) is 0 Å². The first-order chi connectivity index (χ1) is 12.1. The number of aryl methyl sites for hydroxylation is 1. The lowest BCUT2D eigenvalue weighted by Gasteiger charge is -2.05. The summed E-state index contributed by atoms with van der Waals surface area (Å²) in [5.74, 6) is -0.149. The van der Waals surface area contributed by atoms with Crippen molar-refractivity contribution < 1.29 is 4.79 Å². The molecule has 4 aromatic rings. The van der Waals surface area contributed by atoms with E-state index in [4.69, 9.17) is 12.2 Å². The van der Waals surface area contributed by atoms with Crippen LogP contribution in [-0.4, -0.2) is 20.3 Å². The standard InChI is InChI=1S/C18H15N3O2S2/c1-2-10-7-12-16(25-10)20-18(24)21(17(12)23)9-15(22)13-8-19-14-6-4-3-5-11(13)14/h3-8,19H,2,9H2,1H3,(H,20,24). The second-order valence-corrected chi connectivity index (χ2v) is 7.33. The lowest BCUT2D eigenvalue weighted by Crippen LogP contribution is -2.25. The summed E-state index contributed by atoms with van der Waals surface area (Å²) in [4.78, 5) is 33.6. The normalized spacial score (nSPS) is 11.4. The minimum absolute atomic E-state index is 0.0801. The highest BCUT2D eigenvalue weighted by atomic mass is 32.1. The molecule has 3 heterocycles. The number of para-hydroxylation sites is 1. The molecule has 2 N–H and O–H groups in total. The van der Waals surface area contributed by atoms with Gasteiger partial charge in [0.25, 0.3) is 5.56 Å². The van der Waals surface area contributed by atoms with E-state index in [1.54, 1.807) is 6.20 Å². The maximum absolute atomic E-state index is 12.8. The van der Waals surface area contributed by atoms with Crippen molar-refractivity contribution >= 4 is 50.5 Å². The molecule has 0 aliphatic heterocycles. The SMILES string of the molecule is CCc1cc2c(=O)n(CC(=O)c3c[nH]c4ccccc34)c(=S)[nH]c2s1. The second kappa shape index (κ2) is 6.09. The van der Waals surface area contributed by atoms with Crippen LogP contribution in [0.25, 0.3) is 21.1 Å². The summed E-state index contributed by atoms with van der Waals surface area (Å²) < 4.78 is 1.61. The van der Waals surface area contributed by atoms with Crippen LogP contribution in [0.15, 0.2) is 41.3 Å². The summed E-state index contributed by atoms with van der Waals surface area (Å²) in [5.41, 5.74) is 1.24. The lowest BCUT2D eigenvalue weighted by atomic mass is 10.1. The van der Waals surface area contributed by atoms with Gasteiger partial charge < -0.3 is 9.97 Å². The molecular formula is C18H15N3O2S2. The number of nitrogens with zero attached hydrogens (tertiary/aromatic N) is 1. The summed E-state index contributed by atoms with van der Waals surface area (Å²) in [6, 6.07) is 9.46. The van der Waals surface area contributed by atoms with Gasteiger partial charge in [0.15, 0.2) is 10.6 Å². The Balaban J connectivity index is 1.79. The van der Waals surface area contributed by atoms with Crippen molar-refractivity contribution in [2.45, 2.75) is 19.9 Å². The Morgan fingerprint density at radius 1 is 1.28 bits per heavy atom. The van der Waals surface area contributed by atoms with Crippen LogP contribution < -0.4 is 5.56 Å². The summed E-state index contributed by atoms with van der Waals surface area (Å²) in [6.45, 7) is 1.96. The number of benzene rings is 1. The number of carbonyl (C=O) groups is 1. The molecule has 5 nitrogen and oxygen atoms in total. The zero-order chi connectivity index (χ0) is 17.6. The van der Waals surface area contributed by atoms with Crippen molar-refractivity contribution in [3.05, 3.63) is 62.1 Å². The van der Waals surface area contributed by atoms with Crippen LogP contribution in [0, 0.1) is 4.77 Å². The summed E-state index contributed by atoms with van der Waals surface area (Å²) in [5, 5.41) is 1.43. The van der Waals surface area contributed by atoms with Gasteiger partial charge in [0.2, 0.25) is 0 Å². The Morgan fingerprint density at radius 3 is 2.88 bits per heavy atom. The van der Waals surface area contributed by atoms with Gasteiger partial charge >= 0.3 is 0 Å². The Labute approximate surface area is 151 Å². The highest BCUT2D eigenvalue weighted by Crippen LogP contribution is 2.22. The molecule has 7 heteroatoms. The maximum Gasteiger partial charge on any atom is 0.263 e. The quantitative estimate of drug-likeness (QED) is 0.421. The van der Waals surface area contributed by atoms with Gasteiger partial charge in [-0.1, -0.05) is 25.1 Å². The average molecular weight is 369 g/mol. The first-order valence-electron chi connectivity index (χ1n) is 7.93. The Bertz CT molecular complexity index is 1230. The van der Waals surface area contributed by atoms with E-state index in [2.05, 4.69) is 9.97 Å². The molecule has 0 unspecified atom stereocenters. The Kier molecular flexibility index (Phi) is 3.89. The largest absolute Gasteiger partial charge is 0.360 e. The molecule has 0 atom stereocenters. The van der Waals surface area contributed by atoms with Gasteiger partial charge in [-0.25, -0.2) is 0 Å². The van der Waals surface area contributed by atoms with Crippen LogP contribution in [0.2, 0.25) is 0 Å². The summed E-state index contributed by atoms with van der Waals surface area (Å²) in [6.07, 6.45) is 2.54. The van der Waals surface area contributed by atoms with Crippen LogP contribution >= 0.6 is 23.6 Å². The van der Waals surface area contributed by atoms with E-state index in [1.165, 1.54) is 15.9 Å². The van der Waals surface area contributed by atoms with E-state index >= 15 is 0 Å². The van der Waals surface area contributed by atoms with Crippen molar-refractivity contribution in [2.75, 3.05) is 0 Å². The predicted molar refractivity (Wildman–Crippen MR) is 103 cm³/mol. The molecule has 3 aromatic heterocycles. The topological polar surface area (TPSA) is 70.7 Å². The molecule has 0 saturated carbocycles. The Hall–Kier alpha value is -2.51. The molecule has 0 fully saturated rings. The van der Waals surface area contributed by atoms with Gasteiger partial charge in [0.1, 0.15) is 4.83 Å². The Morgan fingerprint density at radius 2 is 2.08 bits per heavy atom. The molecule has 0 bridgehead atoms. The van der Waals surface area contributed by atoms with Crippen LogP contribution in [0.3, 0.4) is 0 Å². The highest BCUT2D eigenvalue weighted by Gasteiger charge is 2.16. The zero-order valence-electron chi connectivity index (χ0n) is 13.5. The van der Waals surface area contributed by atoms with E-state index in [1.807, 2.05) is 37.3 Å². The fraction of sp³-hybridized carbons (Fsp3) is 0.167. The van der Waals surface area contributed by atoms with Gasteiger partial charge in [0, 0.05) is 27.5 Å². The van der Waals surface area contributed by atoms with Crippen LogP contribution in [-0.2, 0) is 13.0 Å². The summed E-state index contributed by atoms with van der Waals surface area (Å²) >= 11 is 6.84. The molecule has 0 aliphatic rings. The monoisotopic (exact) mass is 369 g/mol. The van der Waals surface area contributed by atoms with E-state index < -0.39 is 0 Å². The molecule has 0 amide bonds. The second-order valence-electron chi connectivity index (χ2n) is 5.80. The molecule has 0 saturated heterocycles. The van der Waals surface area contributed by atoms with Crippen molar-refractivity contribution in [1.29, 1.82) is 0 Å². The zero-order valence-corrected chi connectivity index (χ0v) is 15.1. The third-order valence-electron chi connectivity index (χ3n) is 4.26. The van der Waals surface area contributed by atoms with Crippen molar-refractivity contribution in [3.8, 4) is 0 Å². The predicted octanol–water partition coefficient (Wildman–Crippen LogP) is 4.05. The first kappa shape index (κ1) is 16.0. The van der Waals surface area contributed by atoms with E-state index in [9.17, 15) is 9.59 Å². The van der Waals surface area contributed by atoms with Crippen LogP contribution in [0.4, 0.5) is 0 Å². The van der Waals surface area contributed by atoms with Gasteiger partial charge in [-0.05, 0) is 30.8 Å². The number of aromatic amines is 2. The maximum atomic E-state index is 12.8. The fourth-order valence-electron chi connectivity index (χ4n) is 2.94. The van der Waals surface area contributed by atoms with Crippen molar-refractivity contribution in [3.63, 3.8) is 0 Å². The number of hydrogen-bond donors (Lipinski definition) is 2. The molecule has 0 radical (unpaired) electrons. The molecule has 0 aliphatic carbocycles. The number of rotatable bonds is 4. The number of thiophene rings is 1. The average Bonchev–Trinajstić information content (AvgIpc) is 3.22.